The first-order valence-corrected chi connectivity index (χ1v) is 10.4. The van der Waals surface area contributed by atoms with Gasteiger partial charge in [0.25, 0.3) is 5.56 Å². The number of fused-ring (bicyclic) bond motifs is 3. The highest BCUT2D eigenvalue weighted by Gasteiger charge is 2.21. The van der Waals surface area contributed by atoms with E-state index < -0.39 is 0 Å². The lowest BCUT2D eigenvalue weighted by Gasteiger charge is -2.14. The minimum absolute atomic E-state index is 0.137. The first kappa shape index (κ1) is 17.3. The van der Waals surface area contributed by atoms with E-state index >= 15 is 0 Å². The van der Waals surface area contributed by atoms with Crippen LogP contribution in [-0.4, -0.2) is 16.1 Å². The van der Waals surface area contributed by atoms with Gasteiger partial charge in [-0.1, -0.05) is 37.3 Å². The molecule has 1 aromatic carbocycles. The Kier molecular flexibility index (Phi) is 5.07. The van der Waals surface area contributed by atoms with Crippen molar-refractivity contribution >= 4 is 27.5 Å². The number of nitrogens with zero attached hydrogens (tertiary/aromatic N) is 2. The van der Waals surface area contributed by atoms with E-state index in [1.54, 1.807) is 11.3 Å². The summed E-state index contributed by atoms with van der Waals surface area (Å²) in [4.78, 5) is 20.3. The van der Waals surface area contributed by atoms with Crippen molar-refractivity contribution in [3.63, 3.8) is 0 Å². The van der Waals surface area contributed by atoms with Gasteiger partial charge in [-0.3, -0.25) is 9.36 Å². The Bertz CT molecular complexity index is 959. The van der Waals surface area contributed by atoms with Crippen molar-refractivity contribution < 1.29 is 0 Å². The second-order valence-corrected chi connectivity index (χ2v) is 8.03. The Labute approximate surface area is 157 Å². The molecule has 4 rings (SSSR count). The Morgan fingerprint density at radius 3 is 2.81 bits per heavy atom. The fraction of sp³-hybridized carbons (Fsp3) is 0.429. The third kappa shape index (κ3) is 3.28. The topological polar surface area (TPSA) is 46.9 Å². The van der Waals surface area contributed by atoms with Gasteiger partial charge in [0.2, 0.25) is 5.95 Å². The molecule has 0 saturated heterocycles. The number of hydrogen-bond donors (Lipinski definition) is 1. The van der Waals surface area contributed by atoms with Gasteiger partial charge in [0.15, 0.2) is 0 Å². The molecule has 2 aromatic heterocycles. The zero-order valence-corrected chi connectivity index (χ0v) is 16.1. The van der Waals surface area contributed by atoms with Crippen molar-refractivity contribution in [3.8, 4) is 0 Å². The van der Waals surface area contributed by atoms with E-state index in [1.807, 2.05) is 10.6 Å². The molecule has 136 valence electrons. The molecule has 0 amide bonds. The summed E-state index contributed by atoms with van der Waals surface area (Å²) in [7, 11) is 0. The monoisotopic (exact) mass is 367 g/mol. The number of hydrogen-bond acceptors (Lipinski definition) is 4. The molecule has 1 aliphatic rings. The van der Waals surface area contributed by atoms with Crippen molar-refractivity contribution in [2.45, 2.75) is 52.0 Å². The van der Waals surface area contributed by atoms with Gasteiger partial charge in [-0.25, -0.2) is 4.98 Å². The SMILES string of the molecule is CCCn1c(NCCc2ccccc2)nc2sc3c(c2c1=O)CCCC3. The fourth-order valence-corrected chi connectivity index (χ4v) is 5.02. The van der Waals surface area contributed by atoms with Crippen LogP contribution in [0, 0.1) is 0 Å². The molecule has 0 spiro atoms. The van der Waals surface area contributed by atoms with Gasteiger partial charge < -0.3 is 5.32 Å². The minimum Gasteiger partial charge on any atom is -0.355 e. The Hall–Kier alpha value is -2.14. The molecule has 0 radical (unpaired) electrons. The lowest BCUT2D eigenvalue weighted by Crippen LogP contribution is -2.26. The van der Waals surface area contributed by atoms with Crippen molar-refractivity contribution in [1.29, 1.82) is 0 Å². The maximum absolute atomic E-state index is 13.2. The van der Waals surface area contributed by atoms with Crippen molar-refractivity contribution in [1.82, 2.24) is 9.55 Å². The van der Waals surface area contributed by atoms with Gasteiger partial charge in [-0.05, 0) is 49.7 Å². The molecule has 3 aromatic rings. The number of aryl methyl sites for hydroxylation is 2. The van der Waals surface area contributed by atoms with Gasteiger partial charge in [0, 0.05) is 18.0 Å². The van der Waals surface area contributed by atoms with Crippen LogP contribution in [0.15, 0.2) is 35.1 Å². The van der Waals surface area contributed by atoms with E-state index in [9.17, 15) is 4.79 Å². The second-order valence-electron chi connectivity index (χ2n) is 6.95. The van der Waals surface area contributed by atoms with Crippen LogP contribution < -0.4 is 10.9 Å². The molecule has 0 bridgehead atoms. The quantitative estimate of drug-likeness (QED) is 0.702. The first-order valence-electron chi connectivity index (χ1n) is 9.61. The molecule has 2 heterocycles. The van der Waals surface area contributed by atoms with Gasteiger partial charge in [-0.15, -0.1) is 11.3 Å². The Morgan fingerprint density at radius 2 is 2.00 bits per heavy atom. The normalized spacial score (nSPS) is 13.7. The molecule has 26 heavy (non-hydrogen) atoms. The van der Waals surface area contributed by atoms with Gasteiger partial charge in [-0.2, -0.15) is 0 Å². The molecule has 5 heteroatoms. The molecular weight excluding hydrogens is 342 g/mol. The van der Waals surface area contributed by atoms with E-state index in [0.717, 1.165) is 48.4 Å². The molecule has 1 N–H and O–H groups in total. The summed E-state index contributed by atoms with van der Waals surface area (Å²) in [6, 6.07) is 10.4. The smallest absolute Gasteiger partial charge is 0.263 e. The maximum Gasteiger partial charge on any atom is 0.263 e. The average molecular weight is 368 g/mol. The molecule has 0 unspecified atom stereocenters. The van der Waals surface area contributed by atoms with Crippen LogP contribution in [0.4, 0.5) is 5.95 Å². The van der Waals surface area contributed by atoms with Crippen LogP contribution in [0.25, 0.3) is 10.2 Å². The number of aromatic nitrogens is 2. The Morgan fingerprint density at radius 1 is 1.19 bits per heavy atom. The van der Waals surface area contributed by atoms with Gasteiger partial charge in [0.1, 0.15) is 4.83 Å². The van der Waals surface area contributed by atoms with E-state index in [1.165, 1.54) is 28.8 Å². The van der Waals surface area contributed by atoms with Crippen molar-refractivity contribution in [2.24, 2.45) is 0 Å². The summed E-state index contributed by atoms with van der Waals surface area (Å²) in [5, 5.41) is 4.30. The van der Waals surface area contributed by atoms with E-state index in [2.05, 4.69) is 36.5 Å². The lowest BCUT2D eigenvalue weighted by atomic mass is 9.97. The summed E-state index contributed by atoms with van der Waals surface area (Å²) in [6.07, 6.45) is 6.38. The standard InChI is InChI=1S/C21H25N3OS/c1-2-14-24-20(25)18-16-10-6-7-11-17(16)26-19(18)23-21(24)22-13-12-15-8-4-3-5-9-15/h3-5,8-9H,2,6-7,10-14H2,1H3,(H,22,23). The molecule has 0 aliphatic heterocycles. The lowest BCUT2D eigenvalue weighted by molar-refractivity contribution is 0.651. The molecule has 0 saturated carbocycles. The first-order chi connectivity index (χ1) is 12.8. The van der Waals surface area contributed by atoms with Crippen LogP contribution in [0.3, 0.4) is 0 Å². The number of rotatable bonds is 6. The fourth-order valence-electron chi connectivity index (χ4n) is 3.77. The van der Waals surface area contributed by atoms with Crippen LogP contribution >= 0.6 is 11.3 Å². The highest BCUT2D eigenvalue weighted by Crippen LogP contribution is 2.34. The highest BCUT2D eigenvalue weighted by molar-refractivity contribution is 7.18. The van der Waals surface area contributed by atoms with E-state index in [0.29, 0.717) is 6.54 Å². The van der Waals surface area contributed by atoms with Crippen molar-refractivity contribution in [3.05, 3.63) is 56.7 Å². The van der Waals surface area contributed by atoms with E-state index in [4.69, 9.17) is 4.98 Å². The highest BCUT2D eigenvalue weighted by atomic mass is 32.1. The van der Waals surface area contributed by atoms with Crippen LogP contribution in [0.2, 0.25) is 0 Å². The van der Waals surface area contributed by atoms with Gasteiger partial charge >= 0.3 is 0 Å². The number of benzene rings is 1. The summed E-state index contributed by atoms with van der Waals surface area (Å²) < 4.78 is 1.84. The third-order valence-corrected chi connectivity index (χ3v) is 6.25. The summed E-state index contributed by atoms with van der Waals surface area (Å²) in [5.74, 6) is 0.721. The van der Waals surface area contributed by atoms with Crippen LogP contribution in [-0.2, 0) is 25.8 Å². The van der Waals surface area contributed by atoms with Gasteiger partial charge in [0.05, 0.1) is 5.39 Å². The largest absolute Gasteiger partial charge is 0.355 e. The third-order valence-electron chi connectivity index (χ3n) is 5.06. The maximum atomic E-state index is 13.2. The van der Waals surface area contributed by atoms with E-state index in [-0.39, 0.29) is 5.56 Å². The molecule has 4 nitrogen and oxygen atoms in total. The van der Waals surface area contributed by atoms with Crippen LogP contribution in [0.1, 0.15) is 42.2 Å². The number of thiophene rings is 1. The number of nitrogens with one attached hydrogen (secondary N) is 1. The Balaban J connectivity index is 1.66. The average Bonchev–Trinajstić information content (AvgIpc) is 3.04. The minimum atomic E-state index is 0.137. The molecule has 0 fully saturated rings. The second kappa shape index (κ2) is 7.62. The zero-order valence-electron chi connectivity index (χ0n) is 15.3. The summed E-state index contributed by atoms with van der Waals surface area (Å²) >= 11 is 1.72. The summed E-state index contributed by atoms with van der Waals surface area (Å²) in [6.45, 7) is 3.59. The molecule has 1 aliphatic carbocycles. The predicted octanol–water partition coefficient (Wildman–Crippen LogP) is 4.40. The molecular formula is C21H25N3OS. The molecule has 0 atom stereocenters. The van der Waals surface area contributed by atoms with Crippen molar-refractivity contribution in [2.75, 3.05) is 11.9 Å². The number of anilines is 1. The summed E-state index contributed by atoms with van der Waals surface area (Å²) in [5.41, 5.74) is 2.70. The zero-order chi connectivity index (χ0) is 17.9. The predicted molar refractivity (Wildman–Crippen MR) is 109 cm³/mol. The van der Waals surface area contributed by atoms with Crippen LogP contribution in [0.5, 0.6) is 0 Å².